The monoisotopic (exact) mass is 171 g/mol. The number of rotatable bonds is 0. The van der Waals surface area contributed by atoms with Gasteiger partial charge >= 0.3 is 6.03 Å². The van der Waals surface area contributed by atoms with Gasteiger partial charge in [-0.2, -0.15) is 4.98 Å². The Morgan fingerprint density at radius 2 is 2.45 bits per heavy atom. The topological polar surface area (TPSA) is 71.8 Å². The Bertz CT molecular complexity index is 296. The highest BCUT2D eigenvalue weighted by Crippen LogP contribution is 2.08. The molecule has 11 heavy (non-hydrogen) atoms. The molecule has 1 atom stereocenters. The average molecular weight is 171 g/mol. The molecule has 1 aromatic heterocycles. The molecule has 58 valence electrons. The van der Waals surface area contributed by atoms with Crippen molar-refractivity contribution in [2.45, 2.75) is 5.50 Å². The lowest BCUT2D eigenvalue weighted by atomic mass is 10.7. The lowest BCUT2D eigenvalue weighted by Gasteiger charge is -2.20. The van der Waals surface area contributed by atoms with E-state index >= 15 is 0 Å². The number of carbonyl (C=O) groups excluding carboxylic acids is 1. The van der Waals surface area contributed by atoms with Crippen molar-refractivity contribution in [3.05, 3.63) is 6.33 Å². The standard InChI is InChI=1S/C4H5N5OS/c10-4-8-3(11)7-2-5-1-6-9(2)4/h1,3,11H,(H,8,10)(H,5,6,7). The molecular weight excluding hydrogens is 166 g/mol. The zero-order valence-corrected chi connectivity index (χ0v) is 6.25. The number of nitrogens with one attached hydrogen (secondary N) is 2. The summed E-state index contributed by atoms with van der Waals surface area (Å²) in [4.78, 5) is 14.8. The Kier molecular flexibility index (Phi) is 1.25. The molecule has 1 aliphatic heterocycles. The molecule has 0 saturated heterocycles. The van der Waals surface area contributed by atoms with Crippen molar-refractivity contribution < 1.29 is 4.79 Å². The van der Waals surface area contributed by atoms with Gasteiger partial charge in [-0.25, -0.2) is 4.79 Å². The molecule has 0 aromatic carbocycles. The molecule has 0 saturated carbocycles. The van der Waals surface area contributed by atoms with Crippen LogP contribution >= 0.6 is 12.6 Å². The summed E-state index contributed by atoms with van der Waals surface area (Å²) in [6.07, 6.45) is 1.30. The van der Waals surface area contributed by atoms with Crippen LogP contribution in [0.4, 0.5) is 10.7 Å². The van der Waals surface area contributed by atoms with E-state index in [9.17, 15) is 4.79 Å². The fourth-order valence-electron chi connectivity index (χ4n) is 0.825. The highest BCUT2D eigenvalue weighted by Gasteiger charge is 2.21. The normalized spacial score (nSPS) is 21.9. The summed E-state index contributed by atoms with van der Waals surface area (Å²) in [5, 5.41) is 8.96. The zero-order chi connectivity index (χ0) is 7.84. The van der Waals surface area contributed by atoms with Gasteiger partial charge < -0.3 is 10.6 Å². The van der Waals surface area contributed by atoms with Crippen LogP contribution in [0.1, 0.15) is 0 Å². The van der Waals surface area contributed by atoms with E-state index in [0.717, 1.165) is 4.68 Å². The van der Waals surface area contributed by atoms with Crippen LogP contribution in [0.15, 0.2) is 6.33 Å². The first-order valence-electron chi connectivity index (χ1n) is 2.93. The molecule has 0 radical (unpaired) electrons. The third kappa shape index (κ3) is 0.929. The fraction of sp³-hybridized carbons (Fsp3) is 0.250. The number of anilines is 1. The van der Waals surface area contributed by atoms with Gasteiger partial charge in [-0.1, -0.05) is 0 Å². The van der Waals surface area contributed by atoms with Crippen molar-refractivity contribution in [2.24, 2.45) is 0 Å². The highest BCUT2D eigenvalue weighted by atomic mass is 32.1. The van der Waals surface area contributed by atoms with E-state index in [-0.39, 0.29) is 11.5 Å². The maximum atomic E-state index is 11.0. The molecule has 0 fully saturated rings. The van der Waals surface area contributed by atoms with Crippen molar-refractivity contribution in [1.82, 2.24) is 20.1 Å². The molecule has 1 aromatic rings. The Morgan fingerprint density at radius 3 is 3.27 bits per heavy atom. The van der Waals surface area contributed by atoms with Gasteiger partial charge in [0.25, 0.3) is 0 Å². The smallest absolute Gasteiger partial charge is 0.325 e. The third-order valence-corrected chi connectivity index (χ3v) is 1.52. The minimum absolute atomic E-state index is 0.323. The largest absolute Gasteiger partial charge is 0.347 e. The van der Waals surface area contributed by atoms with Gasteiger partial charge in [0, 0.05) is 0 Å². The molecule has 1 unspecified atom stereocenters. The van der Waals surface area contributed by atoms with Crippen LogP contribution in [0.25, 0.3) is 0 Å². The second-order valence-electron chi connectivity index (χ2n) is 1.99. The second-order valence-corrected chi connectivity index (χ2v) is 2.51. The summed E-state index contributed by atoms with van der Waals surface area (Å²) in [5.41, 5.74) is -0.390. The Hall–Kier alpha value is -1.24. The minimum atomic E-state index is -0.390. The van der Waals surface area contributed by atoms with Crippen LogP contribution in [-0.2, 0) is 0 Å². The van der Waals surface area contributed by atoms with Gasteiger partial charge in [-0.15, -0.1) is 22.4 Å². The van der Waals surface area contributed by atoms with Gasteiger partial charge in [0.2, 0.25) is 5.95 Å². The first-order chi connectivity index (χ1) is 5.27. The second kappa shape index (κ2) is 2.12. The van der Waals surface area contributed by atoms with Crippen molar-refractivity contribution in [3.63, 3.8) is 0 Å². The number of aromatic nitrogens is 3. The Morgan fingerprint density at radius 1 is 1.64 bits per heavy atom. The molecule has 6 nitrogen and oxygen atoms in total. The number of hydrogen-bond acceptors (Lipinski definition) is 5. The number of thiol groups is 1. The van der Waals surface area contributed by atoms with Crippen molar-refractivity contribution in [3.8, 4) is 0 Å². The van der Waals surface area contributed by atoms with Gasteiger partial charge in [-0.3, -0.25) is 0 Å². The van der Waals surface area contributed by atoms with Gasteiger partial charge in [0.1, 0.15) is 11.8 Å². The molecule has 1 aliphatic rings. The predicted molar refractivity (Wildman–Crippen MR) is 40.3 cm³/mol. The lowest BCUT2D eigenvalue weighted by Crippen LogP contribution is -2.45. The summed E-state index contributed by atoms with van der Waals surface area (Å²) in [6, 6.07) is -0.323. The number of fused-ring (bicyclic) bond motifs is 1. The summed E-state index contributed by atoms with van der Waals surface area (Å²) in [6.45, 7) is 0. The minimum Gasteiger partial charge on any atom is -0.325 e. The summed E-state index contributed by atoms with van der Waals surface area (Å²) >= 11 is 4.00. The highest BCUT2D eigenvalue weighted by molar-refractivity contribution is 7.81. The molecular formula is C4H5N5OS. The Labute approximate surface area is 67.4 Å². The summed E-state index contributed by atoms with van der Waals surface area (Å²) < 4.78 is 1.13. The molecule has 2 N–H and O–H groups in total. The quantitative estimate of drug-likeness (QED) is 0.459. The van der Waals surface area contributed by atoms with Crippen LogP contribution < -0.4 is 10.6 Å². The van der Waals surface area contributed by atoms with E-state index in [4.69, 9.17) is 0 Å². The Balaban J connectivity index is 2.44. The maximum absolute atomic E-state index is 11.0. The van der Waals surface area contributed by atoms with Crippen molar-refractivity contribution in [2.75, 3.05) is 5.32 Å². The molecule has 0 bridgehead atoms. The molecule has 2 rings (SSSR count). The summed E-state index contributed by atoms with van der Waals surface area (Å²) in [5.74, 6) is 0.411. The van der Waals surface area contributed by atoms with Gasteiger partial charge in [-0.05, 0) is 0 Å². The van der Waals surface area contributed by atoms with Crippen LogP contribution in [0.2, 0.25) is 0 Å². The van der Waals surface area contributed by atoms with Crippen LogP contribution in [0.3, 0.4) is 0 Å². The van der Waals surface area contributed by atoms with E-state index < -0.39 is 0 Å². The van der Waals surface area contributed by atoms with E-state index in [2.05, 4.69) is 33.3 Å². The average Bonchev–Trinajstić information content (AvgIpc) is 2.34. The van der Waals surface area contributed by atoms with Crippen LogP contribution in [0.5, 0.6) is 0 Å². The molecule has 1 amide bonds. The van der Waals surface area contributed by atoms with Gasteiger partial charge in [0.05, 0.1) is 0 Å². The molecule has 0 aliphatic carbocycles. The van der Waals surface area contributed by atoms with Crippen LogP contribution in [0, 0.1) is 0 Å². The lowest BCUT2D eigenvalue weighted by molar-refractivity contribution is 0.238. The van der Waals surface area contributed by atoms with E-state index in [0.29, 0.717) is 5.95 Å². The van der Waals surface area contributed by atoms with Crippen LogP contribution in [-0.4, -0.2) is 26.3 Å². The number of nitrogens with zero attached hydrogens (tertiary/aromatic N) is 3. The fourth-order valence-corrected chi connectivity index (χ4v) is 1.05. The van der Waals surface area contributed by atoms with E-state index in [1.807, 2.05) is 0 Å². The first-order valence-corrected chi connectivity index (χ1v) is 3.44. The number of carbonyl (C=O) groups is 1. The maximum Gasteiger partial charge on any atom is 0.347 e. The molecule has 2 heterocycles. The molecule has 0 spiro atoms. The van der Waals surface area contributed by atoms with Gasteiger partial charge in [0.15, 0.2) is 0 Å². The first kappa shape index (κ1) is 6.47. The number of hydrogen-bond donors (Lipinski definition) is 3. The van der Waals surface area contributed by atoms with Crippen molar-refractivity contribution >= 4 is 24.6 Å². The SMILES string of the molecule is O=C1NC(S)Nc2ncnn21. The predicted octanol–water partition coefficient (Wildman–Crippen LogP) is -0.525. The zero-order valence-electron chi connectivity index (χ0n) is 5.35. The van der Waals surface area contributed by atoms with Crippen molar-refractivity contribution in [1.29, 1.82) is 0 Å². The molecule has 7 heteroatoms. The number of amides is 1. The third-order valence-electron chi connectivity index (χ3n) is 1.27. The summed E-state index contributed by atoms with van der Waals surface area (Å²) in [7, 11) is 0. The van der Waals surface area contributed by atoms with E-state index in [1.54, 1.807) is 0 Å². The van der Waals surface area contributed by atoms with E-state index in [1.165, 1.54) is 6.33 Å².